The largest absolute Gasteiger partial charge is 0.350 e. The highest BCUT2D eigenvalue weighted by Gasteiger charge is 2.40. The van der Waals surface area contributed by atoms with Crippen molar-refractivity contribution >= 4 is 40.4 Å². The highest BCUT2D eigenvalue weighted by Crippen LogP contribution is 2.34. The molecule has 29 heavy (non-hydrogen) atoms. The second kappa shape index (κ2) is 7.57. The van der Waals surface area contributed by atoms with Crippen LogP contribution in [0.4, 0.5) is 11.4 Å². The van der Waals surface area contributed by atoms with Gasteiger partial charge in [0, 0.05) is 10.7 Å². The van der Waals surface area contributed by atoms with Crippen LogP contribution in [-0.4, -0.2) is 11.8 Å². The molecule has 0 saturated heterocycles. The number of imide groups is 1. The number of anilines is 2. The molecule has 1 aliphatic heterocycles. The average Bonchev–Trinajstić information content (AvgIpc) is 2.96. The monoisotopic (exact) mass is 402 g/mol. The minimum absolute atomic E-state index is 0.244. The molecule has 5 heteroatoms. The molecule has 1 heterocycles. The predicted molar refractivity (Wildman–Crippen MR) is 117 cm³/mol. The first-order valence-corrected chi connectivity index (χ1v) is 9.62. The van der Waals surface area contributed by atoms with Gasteiger partial charge in [-0.3, -0.25) is 9.59 Å². The van der Waals surface area contributed by atoms with Crippen molar-refractivity contribution in [2.45, 2.75) is 13.8 Å². The number of nitrogens with one attached hydrogen (secondary N) is 1. The Labute approximate surface area is 174 Å². The summed E-state index contributed by atoms with van der Waals surface area (Å²) in [7, 11) is 0. The molecule has 4 rings (SSSR count). The maximum absolute atomic E-state index is 13.3. The summed E-state index contributed by atoms with van der Waals surface area (Å²) in [5, 5.41) is 3.72. The van der Waals surface area contributed by atoms with Gasteiger partial charge in [0.05, 0.1) is 11.3 Å². The van der Waals surface area contributed by atoms with Crippen molar-refractivity contribution in [1.82, 2.24) is 0 Å². The van der Waals surface area contributed by atoms with Crippen LogP contribution in [0.2, 0.25) is 5.02 Å². The predicted octanol–water partition coefficient (Wildman–Crippen LogP) is 5.35. The summed E-state index contributed by atoms with van der Waals surface area (Å²) >= 11 is 6.14. The van der Waals surface area contributed by atoms with Crippen molar-refractivity contribution in [3.05, 3.63) is 100 Å². The van der Waals surface area contributed by atoms with E-state index < -0.39 is 5.91 Å². The van der Waals surface area contributed by atoms with Gasteiger partial charge in [-0.15, -0.1) is 0 Å². The fourth-order valence-electron chi connectivity index (χ4n) is 3.31. The lowest BCUT2D eigenvalue weighted by molar-refractivity contribution is -0.120. The summed E-state index contributed by atoms with van der Waals surface area (Å²) in [4.78, 5) is 27.9. The molecule has 3 aromatic rings. The van der Waals surface area contributed by atoms with Crippen LogP contribution in [0.1, 0.15) is 16.7 Å². The molecule has 0 bridgehead atoms. The zero-order valence-electron chi connectivity index (χ0n) is 16.1. The number of hydrogen-bond acceptors (Lipinski definition) is 3. The first kappa shape index (κ1) is 19.0. The van der Waals surface area contributed by atoms with E-state index in [0.29, 0.717) is 27.5 Å². The number of halogens is 1. The normalized spacial score (nSPS) is 14.0. The van der Waals surface area contributed by atoms with Gasteiger partial charge in [-0.25, -0.2) is 4.90 Å². The maximum Gasteiger partial charge on any atom is 0.282 e. The zero-order valence-corrected chi connectivity index (χ0v) is 16.8. The molecular formula is C24H19ClN2O2. The van der Waals surface area contributed by atoms with Gasteiger partial charge in [0.25, 0.3) is 11.8 Å². The quantitative estimate of drug-likeness (QED) is 0.598. The number of nitrogens with zero attached hydrogens (tertiary/aromatic N) is 1. The summed E-state index contributed by atoms with van der Waals surface area (Å²) in [6, 6.07) is 21.9. The number of hydrogen-bond donors (Lipinski definition) is 1. The van der Waals surface area contributed by atoms with Gasteiger partial charge in [0.2, 0.25) is 0 Å². The zero-order chi connectivity index (χ0) is 20.5. The fourth-order valence-corrected chi connectivity index (χ4v) is 3.48. The van der Waals surface area contributed by atoms with Crippen molar-refractivity contribution < 1.29 is 9.59 Å². The molecule has 0 spiro atoms. The second-order valence-corrected chi connectivity index (χ2v) is 7.42. The summed E-state index contributed by atoms with van der Waals surface area (Å²) in [6.45, 7) is 3.89. The molecule has 144 valence electrons. The van der Waals surface area contributed by atoms with Crippen LogP contribution in [0, 0.1) is 13.8 Å². The molecule has 0 atom stereocenters. The Morgan fingerprint density at radius 3 is 2.21 bits per heavy atom. The Morgan fingerprint density at radius 1 is 0.828 bits per heavy atom. The van der Waals surface area contributed by atoms with E-state index in [-0.39, 0.29) is 11.6 Å². The third-order valence-corrected chi connectivity index (χ3v) is 5.13. The van der Waals surface area contributed by atoms with E-state index in [9.17, 15) is 9.59 Å². The molecule has 0 aliphatic carbocycles. The Morgan fingerprint density at radius 2 is 1.52 bits per heavy atom. The Kier molecular flexibility index (Phi) is 4.95. The van der Waals surface area contributed by atoms with Gasteiger partial charge in [-0.2, -0.15) is 0 Å². The van der Waals surface area contributed by atoms with E-state index in [2.05, 4.69) is 5.32 Å². The summed E-state index contributed by atoms with van der Waals surface area (Å²) in [5.74, 6) is -0.747. The van der Waals surface area contributed by atoms with Crippen molar-refractivity contribution in [3.63, 3.8) is 0 Å². The van der Waals surface area contributed by atoms with E-state index in [0.717, 1.165) is 11.1 Å². The molecule has 2 amide bonds. The lowest BCUT2D eigenvalue weighted by Crippen LogP contribution is -2.32. The van der Waals surface area contributed by atoms with Crippen molar-refractivity contribution in [3.8, 4) is 0 Å². The fraction of sp³-hybridized carbons (Fsp3) is 0.0833. The first-order chi connectivity index (χ1) is 14.0. The van der Waals surface area contributed by atoms with Crippen LogP contribution < -0.4 is 10.2 Å². The highest BCUT2D eigenvalue weighted by molar-refractivity contribution is 6.46. The number of benzene rings is 3. The van der Waals surface area contributed by atoms with Gasteiger partial charge in [0.1, 0.15) is 5.70 Å². The number of para-hydroxylation sites is 1. The molecule has 0 unspecified atom stereocenters. The van der Waals surface area contributed by atoms with Crippen LogP contribution in [0.5, 0.6) is 0 Å². The van der Waals surface area contributed by atoms with E-state index in [1.54, 1.807) is 36.4 Å². The molecule has 1 aliphatic rings. The molecule has 0 fully saturated rings. The van der Waals surface area contributed by atoms with Crippen LogP contribution in [0.15, 0.2) is 78.5 Å². The molecule has 0 radical (unpaired) electrons. The van der Waals surface area contributed by atoms with E-state index >= 15 is 0 Å². The Hall–Kier alpha value is -3.37. The van der Waals surface area contributed by atoms with Gasteiger partial charge in [0.15, 0.2) is 0 Å². The minimum atomic E-state index is -0.392. The first-order valence-electron chi connectivity index (χ1n) is 9.24. The van der Waals surface area contributed by atoms with Gasteiger partial charge >= 0.3 is 0 Å². The SMILES string of the molecule is Cc1ccc(C2=C(Nc3cc(Cl)ccc3C)C(=O)N(c3ccccc3)C2=O)cc1. The second-order valence-electron chi connectivity index (χ2n) is 6.98. The van der Waals surface area contributed by atoms with Crippen LogP contribution in [-0.2, 0) is 9.59 Å². The standard InChI is InChI=1S/C24H19ClN2O2/c1-15-8-11-17(12-9-15)21-22(26-20-14-18(25)13-10-16(20)2)24(29)27(23(21)28)19-6-4-3-5-7-19/h3-14,26H,1-2H3. The van der Waals surface area contributed by atoms with Gasteiger partial charge in [-0.1, -0.05) is 65.7 Å². The Bertz CT molecular complexity index is 1140. The molecule has 0 aromatic heterocycles. The van der Waals surface area contributed by atoms with E-state index in [1.165, 1.54) is 4.90 Å². The number of amides is 2. The molecular weight excluding hydrogens is 384 g/mol. The lowest BCUT2D eigenvalue weighted by atomic mass is 10.0. The third kappa shape index (κ3) is 3.55. The van der Waals surface area contributed by atoms with Crippen molar-refractivity contribution in [2.24, 2.45) is 0 Å². The van der Waals surface area contributed by atoms with Gasteiger partial charge < -0.3 is 5.32 Å². The molecule has 1 N–H and O–H groups in total. The van der Waals surface area contributed by atoms with Crippen molar-refractivity contribution in [1.29, 1.82) is 0 Å². The highest BCUT2D eigenvalue weighted by atomic mass is 35.5. The Balaban J connectivity index is 1.85. The van der Waals surface area contributed by atoms with Gasteiger partial charge in [-0.05, 0) is 49.2 Å². The summed E-state index contributed by atoms with van der Waals surface area (Å²) < 4.78 is 0. The molecule has 4 nitrogen and oxygen atoms in total. The third-order valence-electron chi connectivity index (χ3n) is 4.90. The summed E-state index contributed by atoms with van der Waals surface area (Å²) in [5.41, 5.74) is 4.50. The van der Waals surface area contributed by atoms with Crippen molar-refractivity contribution in [2.75, 3.05) is 10.2 Å². The maximum atomic E-state index is 13.3. The van der Waals surface area contributed by atoms with Crippen LogP contribution >= 0.6 is 11.6 Å². The summed E-state index contributed by atoms with van der Waals surface area (Å²) in [6.07, 6.45) is 0. The lowest BCUT2D eigenvalue weighted by Gasteiger charge is -2.15. The molecule has 3 aromatic carbocycles. The smallest absolute Gasteiger partial charge is 0.282 e. The minimum Gasteiger partial charge on any atom is -0.350 e. The van der Waals surface area contributed by atoms with E-state index in [1.807, 2.05) is 50.2 Å². The van der Waals surface area contributed by atoms with E-state index in [4.69, 9.17) is 11.6 Å². The van der Waals surface area contributed by atoms with Crippen LogP contribution in [0.25, 0.3) is 5.57 Å². The number of carbonyl (C=O) groups is 2. The number of carbonyl (C=O) groups excluding carboxylic acids is 2. The topological polar surface area (TPSA) is 49.4 Å². The number of aryl methyl sites for hydroxylation is 2. The molecule has 0 saturated carbocycles. The van der Waals surface area contributed by atoms with Crippen LogP contribution in [0.3, 0.4) is 0 Å². The average molecular weight is 403 g/mol. The number of rotatable bonds is 4.